The van der Waals surface area contributed by atoms with Crippen molar-refractivity contribution >= 4 is 5.91 Å². The van der Waals surface area contributed by atoms with Gasteiger partial charge < -0.3 is 9.64 Å². The number of carbonyl (C=O) groups excluding carboxylic acids is 1. The third-order valence-corrected chi connectivity index (χ3v) is 2.53. The van der Waals surface area contributed by atoms with Gasteiger partial charge in [0.1, 0.15) is 5.72 Å². The zero-order valence-corrected chi connectivity index (χ0v) is 6.96. The highest BCUT2D eigenvalue weighted by atomic mass is 16.5. The Kier molecular flexibility index (Phi) is 1.27. The molecule has 3 nitrogen and oxygen atoms in total. The Hall–Kier alpha value is -0.570. The Balaban J connectivity index is 2.27. The van der Waals surface area contributed by atoms with E-state index >= 15 is 0 Å². The summed E-state index contributed by atoms with van der Waals surface area (Å²) in [6.45, 7) is 4.63. The predicted molar refractivity (Wildman–Crippen MR) is 39.9 cm³/mol. The average Bonchev–Trinajstić information content (AvgIpc) is 2.38. The number of rotatable bonds is 0. The standard InChI is InChI=1S/C8H13NO2/c1-8(2)9-6(5-11-8)3-4-7(9)10/h6H,3-5H2,1-2H3/t6-/m1/s1. The topological polar surface area (TPSA) is 29.5 Å². The van der Waals surface area contributed by atoms with Gasteiger partial charge in [-0.25, -0.2) is 0 Å². The molecule has 2 fully saturated rings. The Morgan fingerprint density at radius 1 is 1.64 bits per heavy atom. The molecule has 0 aromatic carbocycles. The van der Waals surface area contributed by atoms with Gasteiger partial charge in [0, 0.05) is 6.42 Å². The molecule has 2 rings (SSSR count). The van der Waals surface area contributed by atoms with E-state index in [1.807, 2.05) is 18.7 Å². The quantitative estimate of drug-likeness (QED) is 0.516. The molecule has 3 heteroatoms. The van der Waals surface area contributed by atoms with Gasteiger partial charge in [0.15, 0.2) is 0 Å². The molecule has 0 saturated carbocycles. The van der Waals surface area contributed by atoms with Crippen molar-refractivity contribution < 1.29 is 9.53 Å². The molecule has 0 aliphatic carbocycles. The Morgan fingerprint density at radius 3 is 3.00 bits per heavy atom. The average molecular weight is 155 g/mol. The molecule has 0 unspecified atom stereocenters. The van der Waals surface area contributed by atoms with Crippen LogP contribution in [0.3, 0.4) is 0 Å². The van der Waals surface area contributed by atoms with Crippen molar-refractivity contribution in [2.24, 2.45) is 0 Å². The van der Waals surface area contributed by atoms with Crippen molar-refractivity contribution in [3.63, 3.8) is 0 Å². The fourth-order valence-corrected chi connectivity index (χ4v) is 2.01. The lowest BCUT2D eigenvalue weighted by Crippen LogP contribution is -2.43. The summed E-state index contributed by atoms with van der Waals surface area (Å²) in [6.07, 6.45) is 1.68. The molecule has 62 valence electrons. The van der Waals surface area contributed by atoms with Crippen LogP contribution in [0.4, 0.5) is 0 Å². The summed E-state index contributed by atoms with van der Waals surface area (Å²) in [7, 11) is 0. The van der Waals surface area contributed by atoms with E-state index in [0.29, 0.717) is 12.5 Å². The molecule has 2 aliphatic rings. The van der Waals surface area contributed by atoms with Gasteiger partial charge in [-0.05, 0) is 20.3 Å². The van der Waals surface area contributed by atoms with E-state index in [4.69, 9.17) is 4.74 Å². The first-order chi connectivity index (χ1) is 5.11. The smallest absolute Gasteiger partial charge is 0.225 e. The van der Waals surface area contributed by atoms with Crippen LogP contribution in [0.1, 0.15) is 26.7 Å². The van der Waals surface area contributed by atoms with E-state index in [0.717, 1.165) is 13.0 Å². The van der Waals surface area contributed by atoms with Gasteiger partial charge in [0.25, 0.3) is 0 Å². The van der Waals surface area contributed by atoms with Crippen molar-refractivity contribution in [3.8, 4) is 0 Å². The maximum absolute atomic E-state index is 11.3. The summed E-state index contributed by atoms with van der Waals surface area (Å²) in [5.41, 5.74) is -0.349. The van der Waals surface area contributed by atoms with Crippen LogP contribution in [-0.4, -0.2) is 29.2 Å². The molecule has 0 aromatic heterocycles. The minimum Gasteiger partial charge on any atom is -0.354 e. The lowest BCUT2D eigenvalue weighted by atomic mass is 10.2. The van der Waals surface area contributed by atoms with Crippen molar-refractivity contribution in [1.29, 1.82) is 0 Å². The van der Waals surface area contributed by atoms with Gasteiger partial charge in [-0.1, -0.05) is 0 Å². The minimum absolute atomic E-state index is 0.248. The highest BCUT2D eigenvalue weighted by Crippen LogP contribution is 2.34. The summed E-state index contributed by atoms with van der Waals surface area (Å²) in [6, 6.07) is 0.359. The van der Waals surface area contributed by atoms with E-state index in [9.17, 15) is 4.79 Å². The summed E-state index contributed by atoms with van der Waals surface area (Å²) in [5.74, 6) is 0.248. The fraction of sp³-hybridized carbons (Fsp3) is 0.875. The van der Waals surface area contributed by atoms with Crippen molar-refractivity contribution in [3.05, 3.63) is 0 Å². The molecule has 2 aliphatic heterocycles. The predicted octanol–water partition coefficient (Wildman–Crippen LogP) is 0.744. The largest absolute Gasteiger partial charge is 0.354 e. The second-order valence-corrected chi connectivity index (χ2v) is 3.71. The van der Waals surface area contributed by atoms with Crippen LogP contribution >= 0.6 is 0 Å². The van der Waals surface area contributed by atoms with Crippen LogP contribution in [0, 0.1) is 0 Å². The van der Waals surface area contributed by atoms with Gasteiger partial charge in [0.2, 0.25) is 5.91 Å². The summed E-state index contributed by atoms with van der Waals surface area (Å²) < 4.78 is 5.48. The number of carbonyl (C=O) groups is 1. The van der Waals surface area contributed by atoms with Crippen LogP contribution in [0.2, 0.25) is 0 Å². The zero-order chi connectivity index (χ0) is 8.06. The van der Waals surface area contributed by atoms with Gasteiger partial charge >= 0.3 is 0 Å². The molecule has 1 atom stereocenters. The monoisotopic (exact) mass is 155 g/mol. The number of nitrogens with zero attached hydrogens (tertiary/aromatic N) is 1. The number of hydrogen-bond donors (Lipinski definition) is 0. The zero-order valence-electron chi connectivity index (χ0n) is 6.96. The van der Waals surface area contributed by atoms with Crippen LogP contribution < -0.4 is 0 Å². The van der Waals surface area contributed by atoms with Crippen molar-refractivity contribution in [2.45, 2.75) is 38.5 Å². The fourth-order valence-electron chi connectivity index (χ4n) is 2.01. The maximum atomic E-state index is 11.3. The Labute approximate surface area is 66.3 Å². The first-order valence-electron chi connectivity index (χ1n) is 4.07. The van der Waals surface area contributed by atoms with Crippen LogP contribution in [0.15, 0.2) is 0 Å². The van der Waals surface area contributed by atoms with E-state index in [1.165, 1.54) is 0 Å². The third-order valence-electron chi connectivity index (χ3n) is 2.53. The second kappa shape index (κ2) is 1.97. The summed E-state index contributed by atoms with van der Waals surface area (Å²) in [5, 5.41) is 0. The number of fused-ring (bicyclic) bond motifs is 1. The first-order valence-corrected chi connectivity index (χ1v) is 4.07. The Bertz CT molecular complexity index is 200. The van der Waals surface area contributed by atoms with Gasteiger partial charge in [-0.3, -0.25) is 4.79 Å². The highest BCUT2D eigenvalue weighted by Gasteiger charge is 2.46. The van der Waals surface area contributed by atoms with Crippen molar-refractivity contribution in [2.75, 3.05) is 6.61 Å². The number of ether oxygens (including phenoxy) is 1. The molecule has 0 radical (unpaired) electrons. The van der Waals surface area contributed by atoms with Crippen LogP contribution in [0.25, 0.3) is 0 Å². The molecule has 0 bridgehead atoms. The van der Waals surface area contributed by atoms with E-state index in [-0.39, 0.29) is 11.6 Å². The van der Waals surface area contributed by atoms with Crippen LogP contribution in [0.5, 0.6) is 0 Å². The van der Waals surface area contributed by atoms with Crippen LogP contribution in [-0.2, 0) is 9.53 Å². The van der Waals surface area contributed by atoms with Gasteiger partial charge in [-0.15, -0.1) is 0 Å². The lowest BCUT2D eigenvalue weighted by molar-refractivity contribution is -0.141. The molecule has 0 spiro atoms. The molecular weight excluding hydrogens is 142 g/mol. The molecule has 0 N–H and O–H groups in total. The second-order valence-electron chi connectivity index (χ2n) is 3.71. The normalized spacial score (nSPS) is 34.5. The maximum Gasteiger partial charge on any atom is 0.225 e. The molecular formula is C8H13NO2. The SMILES string of the molecule is CC1(C)OC[C@H]2CCC(=O)N21. The first kappa shape index (κ1) is 7.10. The molecule has 2 saturated heterocycles. The van der Waals surface area contributed by atoms with E-state index in [1.54, 1.807) is 0 Å². The minimum atomic E-state index is -0.349. The highest BCUT2D eigenvalue weighted by molar-refractivity contribution is 5.79. The summed E-state index contributed by atoms with van der Waals surface area (Å²) in [4.78, 5) is 13.2. The van der Waals surface area contributed by atoms with Crippen molar-refractivity contribution in [1.82, 2.24) is 4.90 Å². The number of amides is 1. The van der Waals surface area contributed by atoms with Gasteiger partial charge in [-0.2, -0.15) is 0 Å². The Morgan fingerprint density at radius 2 is 2.36 bits per heavy atom. The van der Waals surface area contributed by atoms with Gasteiger partial charge in [0.05, 0.1) is 12.6 Å². The van der Waals surface area contributed by atoms with E-state index in [2.05, 4.69) is 0 Å². The molecule has 2 heterocycles. The molecule has 1 amide bonds. The third kappa shape index (κ3) is 0.872. The van der Waals surface area contributed by atoms with E-state index < -0.39 is 0 Å². The number of hydrogen-bond acceptors (Lipinski definition) is 2. The summed E-state index contributed by atoms with van der Waals surface area (Å²) >= 11 is 0. The molecule has 0 aromatic rings. The lowest BCUT2D eigenvalue weighted by Gasteiger charge is -2.28. The molecule has 11 heavy (non-hydrogen) atoms.